The summed E-state index contributed by atoms with van der Waals surface area (Å²) in [5.74, 6) is -0.107. The first-order valence-electron chi connectivity index (χ1n) is 7.17. The Morgan fingerprint density at radius 2 is 2.04 bits per heavy atom. The van der Waals surface area contributed by atoms with Crippen molar-refractivity contribution in [3.8, 4) is 17.0 Å². The molecule has 2 heterocycles. The van der Waals surface area contributed by atoms with Gasteiger partial charge in [0.2, 0.25) is 0 Å². The Hall–Kier alpha value is -2.41. The zero-order chi connectivity index (χ0) is 16.0. The van der Waals surface area contributed by atoms with Gasteiger partial charge in [0.15, 0.2) is 11.5 Å². The van der Waals surface area contributed by atoms with Crippen LogP contribution in [0.5, 0.6) is 0 Å². The van der Waals surface area contributed by atoms with Crippen LogP contribution in [-0.2, 0) is 0 Å². The number of aromatic nitrogens is 3. The molecule has 0 radical (unpaired) electrons. The molecule has 1 N–H and O–H groups in total. The third-order valence-electron chi connectivity index (χ3n) is 3.85. The van der Waals surface area contributed by atoms with Crippen LogP contribution in [0.4, 0.5) is 0 Å². The SMILES string of the molecule is O=C(O)c1cc(-c2ccc(-n3ncc(Br)c3C3CC3)cc2)on1. The second kappa shape index (κ2) is 5.34. The van der Waals surface area contributed by atoms with Crippen LogP contribution in [0.3, 0.4) is 0 Å². The van der Waals surface area contributed by atoms with Gasteiger partial charge in [0.25, 0.3) is 0 Å². The second-order valence-corrected chi connectivity index (χ2v) is 6.35. The normalized spacial score (nSPS) is 14.1. The summed E-state index contributed by atoms with van der Waals surface area (Å²) in [6.45, 7) is 0. The molecule has 6 nitrogen and oxygen atoms in total. The molecule has 1 aromatic carbocycles. The fourth-order valence-corrected chi connectivity index (χ4v) is 3.13. The quantitative estimate of drug-likeness (QED) is 0.750. The summed E-state index contributed by atoms with van der Waals surface area (Å²) < 4.78 is 8.04. The minimum atomic E-state index is -1.10. The van der Waals surface area contributed by atoms with Gasteiger partial charge >= 0.3 is 5.97 Å². The van der Waals surface area contributed by atoms with E-state index in [1.165, 1.54) is 24.6 Å². The molecule has 0 spiro atoms. The van der Waals surface area contributed by atoms with Crippen molar-refractivity contribution in [1.29, 1.82) is 0 Å². The van der Waals surface area contributed by atoms with Crippen molar-refractivity contribution in [3.05, 3.63) is 52.4 Å². The monoisotopic (exact) mass is 373 g/mol. The molecule has 23 heavy (non-hydrogen) atoms. The fraction of sp³-hybridized carbons (Fsp3) is 0.188. The van der Waals surface area contributed by atoms with E-state index in [0.717, 1.165) is 15.7 Å². The predicted molar refractivity (Wildman–Crippen MR) is 85.7 cm³/mol. The number of rotatable bonds is 4. The summed E-state index contributed by atoms with van der Waals surface area (Å²) in [5, 5.41) is 16.8. The molecule has 0 amide bonds. The van der Waals surface area contributed by atoms with Crippen LogP contribution in [0.1, 0.15) is 34.9 Å². The topological polar surface area (TPSA) is 81.1 Å². The minimum Gasteiger partial charge on any atom is -0.476 e. The van der Waals surface area contributed by atoms with Crippen LogP contribution in [0, 0.1) is 0 Å². The van der Waals surface area contributed by atoms with E-state index in [2.05, 4.69) is 26.2 Å². The van der Waals surface area contributed by atoms with Crippen LogP contribution in [0.15, 0.2) is 45.5 Å². The van der Waals surface area contributed by atoms with E-state index >= 15 is 0 Å². The maximum atomic E-state index is 10.9. The first-order valence-corrected chi connectivity index (χ1v) is 7.97. The number of halogens is 1. The van der Waals surface area contributed by atoms with Crippen molar-refractivity contribution in [2.24, 2.45) is 0 Å². The Bertz CT molecular complexity index is 878. The highest BCUT2D eigenvalue weighted by Gasteiger charge is 2.30. The van der Waals surface area contributed by atoms with E-state index < -0.39 is 5.97 Å². The molecule has 1 aliphatic rings. The summed E-state index contributed by atoms with van der Waals surface area (Å²) in [4.78, 5) is 10.9. The maximum Gasteiger partial charge on any atom is 0.358 e. The van der Waals surface area contributed by atoms with E-state index in [9.17, 15) is 4.79 Å². The lowest BCUT2D eigenvalue weighted by atomic mass is 10.1. The number of carboxylic acid groups (broad SMARTS) is 1. The Labute approximate surface area is 139 Å². The standard InChI is InChI=1S/C16H12BrN3O3/c17-12-8-18-20(15(12)10-1-2-10)11-5-3-9(4-6-11)14-7-13(16(21)22)19-23-14/h3-8,10H,1-2H2,(H,21,22). The number of hydrogen-bond donors (Lipinski definition) is 1. The highest BCUT2D eigenvalue weighted by molar-refractivity contribution is 9.10. The van der Waals surface area contributed by atoms with E-state index in [-0.39, 0.29) is 5.69 Å². The van der Waals surface area contributed by atoms with E-state index in [0.29, 0.717) is 11.7 Å². The molecule has 0 aliphatic heterocycles. The Morgan fingerprint density at radius 1 is 1.30 bits per heavy atom. The summed E-state index contributed by atoms with van der Waals surface area (Å²) in [6.07, 6.45) is 4.20. The lowest BCUT2D eigenvalue weighted by Crippen LogP contribution is -2.01. The van der Waals surface area contributed by atoms with Gasteiger partial charge in [-0.2, -0.15) is 5.10 Å². The lowest BCUT2D eigenvalue weighted by Gasteiger charge is -2.07. The van der Waals surface area contributed by atoms with E-state index in [1.54, 1.807) is 0 Å². The van der Waals surface area contributed by atoms with Gasteiger partial charge in [0.1, 0.15) is 0 Å². The minimum absolute atomic E-state index is 0.101. The number of benzene rings is 1. The van der Waals surface area contributed by atoms with Crippen LogP contribution in [0.25, 0.3) is 17.0 Å². The molecule has 2 aromatic heterocycles. The summed E-state index contributed by atoms with van der Waals surface area (Å²) in [5.41, 5.74) is 2.83. The van der Waals surface area contributed by atoms with Gasteiger partial charge in [-0.1, -0.05) is 5.16 Å². The first-order chi connectivity index (χ1) is 11.1. The Morgan fingerprint density at radius 3 is 2.65 bits per heavy atom. The molecule has 0 bridgehead atoms. The van der Waals surface area contributed by atoms with Crippen molar-refractivity contribution in [3.63, 3.8) is 0 Å². The van der Waals surface area contributed by atoms with Crippen molar-refractivity contribution in [2.75, 3.05) is 0 Å². The smallest absolute Gasteiger partial charge is 0.358 e. The van der Waals surface area contributed by atoms with Gasteiger partial charge in [-0.15, -0.1) is 0 Å². The number of nitrogens with zero attached hydrogens (tertiary/aromatic N) is 3. The summed E-state index contributed by atoms with van der Waals surface area (Å²) >= 11 is 3.56. The molecule has 1 aliphatic carbocycles. The van der Waals surface area contributed by atoms with Crippen LogP contribution >= 0.6 is 15.9 Å². The molecule has 116 valence electrons. The Kier molecular flexibility index (Phi) is 3.30. The zero-order valence-electron chi connectivity index (χ0n) is 11.9. The molecule has 3 aromatic rings. The molecule has 4 rings (SSSR count). The van der Waals surface area contributed by atoms with Crippen molar-refractivity contribution in [2.45, 2.75) is 18.8 Å². The van der Waals surface area contributed by atoms with Gasteiger partial charge in [0.05, 0.1) is 22.1 Å². The molecule has 1 saturated carbocycles. The summed E-state index contributed by atoms with van der Waals surface area (Å²) in [6, 6.07) is 9.02. The molecule has 0 saturated heterocycles. The number of carboxylic acids is 1. The number of hydrogen-bond acceptors (Lipinski definition) is 4. The fourth-order valence-electron chi connectivity index (χ4n) is 2.55. The van der Waals surface area contributed by atoms with Gasteiger partial charge in [-0.05, 0) is 53.0 Å². The van der Waals surface area contributed by atoms with E-state index in [1.807, 2.05) is 35.1 Å². The molecule has 7 heteroatoms. The predicted octanol–water partition coefficient (Wildman–Crippen LogP) is 3.87. The van der Waals surface area contributed by atoms with Gasteiger partial charge in [0, 0.05) is 17.5 Å². The highest BCUT2D eigenvalue weighted by Crippen LogP contribution is 2.44. The molecule has 0 unspecified atom stereocenters. The van der Waals surface area contributed by atoms with Crippen molar-refractivity contribution in [1.82, 2.24) is 14.9 Å². The zero-order valence-corrected chi connectivity index (χ0v) is 13.5. The second-order valence-electron chi connectivity index (χ2n) is 5.49. The van der Waals surface area contributed by atoms with Gasteiger partial charge < -0.3 is 9.63 Å². The van der Waals surface area contributed by atoms with Crippen LogP contribution in [-0.4, -0.2) is 26.0 Å². The van der Waals surface area contributed by atoms with Crippen LogP contribution in [0.2, 0.25) is 0 Å². The highest BCUT2D eigenvalue weighted by atomic mass is 79.9. The third-order valence-corrected chi connectivity index (χ3v) is 4.46. The van der Waals surface area contributed by atoms with Crippen molar-refractivity contribution < 1.29 is 14.4 Å². The first kappa shape index (κ1) is 14.2. The summed E-state index contributed by atoms with van der Waals surface area (Å²) in [7, 11) is 0. The average Bonchev–Trinajstić information content (AvgIpc) is 3.11. The average molecular weight is 374 g/mol. The Balaban J connectivity index is 1.66. The van der Waals surface area contributed by atoms with Crippen molar-refractivity contribution >= 4 is 21.9 Å². The molecule has 0 atom stereocenters. The number of carbonyl (C=O) groups is 1. The molecular formula is C16H12BrN3O3. The van der Waals surface area contributed by atoms with Gasteiger partial charge in [-0.25, -0.2) is 9.48 Å². The molecule has 1 fully saturated rings. The van der Waals surface area contributed by atoms with Crippen LogP contribution < -0.4 is 0 Å². The third kappa shape index (κ3) is 2.57. The largest absolute Gasteiger partial charge is 0.476 e. The van der Waals surface area contributed by atoms with Gasteiger partial charge in [-0.3, -0.25) is 0 Å². The molecular weight excluding hydrogens is 362 g/mol. The maximum absolute atomic E-state index is 10.9. The van der Waals surface area contributed by atoms with E-state index in [4.69, 9.17) is 9.63 Å². The number of aromatic carboxylic acids is 1. The lowest BCUT2D eigenvalue weighted by molar-refractivity contribution is 0.0686.